The Morgan fingerprint density at radius 2 is 1.00 bits per heavy atom. The molecule has 44 heavy (non-hydrogen) atoms. The lowest BCUT2D eigenvalue weighted by Crippen LogP contribution is -2.55. The van der Waals surface area contributed by atoms with Crippen LogP contribution in [0.15, 0.2) is 0 Å². The number of hydrogen-bond donors (Lipinski definition) is 0. The molecule has 0 aliphatic carbocycles. The maximum atomic E-state index is 12.6. The normalized spacial score (nSPS) is 13.0. The van der Waals surface area contributed by atoms with Gasteiger partial charge in [-0.3, -0.25) is 9.59 Å². The molecular formula is C36H69NO7. The summed E-state index contributed by atoms with van der Waals surface area (Å²) in [6.07, 6.45) is 24.2. The van der Waals surface area contributed by atoms with Crippen LogP contribution in [0.5, 0.6) is 0 Å². The minimum absolute atomic E-state index is 0.0476. The van der Waals surface area contributed by atoms with E-state index in [9.17, 15) is 19.5 Å². The number of rotatable bonds is 32. The molecule has 0 aromatic heterocycles. The first-order valence-corrected chi connectivity index (χ1v) is 18.1. The van der Waals surface area contributed by atoms with Crippen LogP contribution in [0.25, 0.3) is 0 Å². The lowest BCUT2D eigenvalue weighted by atomic mass is 10.0. The molecule has 260 valence electrons. The molecule has 0 radical (unpaired) electrons. The Hall–Kier alpha value is -1.67. The van der Waals surface area contributed by atoms with Gasteiger partial charge in [0.05, 0.1) is 40.3 Å². The van der Waals surface area contributed by atoms with Crippen molar-refractivity contribution in [1.29, 1.82) is 0 Å². The fourth-order valence-electron chi connectivity index (χ4n) is 5.36. The monoisotopic (exact) mass is 628 g/mol. The number of hydrogen-bond acceptors (Lipinski definition) is 7. The van der Waals surface area contributed by atoms with E-state index < -0.39 is 18.1 Å². The molecule has 0 amide bonds. The van der Waals surface area contributed by atoms with Gasteiger partial charge in [-0.15, -0.1) is 0 Å². The van der Waals surface area contributed by atoms with E-state index in [1.165, 1.54) is 89.9 Å². The average Bonchev–Trinajstić information content (AvgIpc) is 2.96. The van der Waals surface area contributed by atoms with Crippen LogP contribution < -0.4 is 5.11 Å². The molecule has 0 spiro atoms. The molecule has 8 nitrogen and oxygen atoms in total. The number of carbonyl (C=O) groups is 3. The van der Waals surface area contributed by atoms with Crippen LogP contribution in [0.1, 0.15) is 162 Å². The van der Waals surface area contributed by atoms with Gasteiger partial charge >= 0.3 is 11.9 Å². The molecule has 0 aromatic carbocycles. The quantitative estimate of drug-likeness (QED) is 0.0438. The second kappa shape index (κ2) is 28.8. The zero-order valence-corrected chi connectivity index (χ0v) is 29.3. The van der Waals surface area contributed by atoms with E-state index in [-0.39, 0.29) is 42.7 Å². The highest BCUT2D eigenvalue weighted by Gasteiger charge is 2.25. The highest BCUT2D eigenvalue weighted by Crippen LogP contribution is 2.14. The predicted octanol–water partition coefficient (Wildman–Crippen LogP) is 7.29. The number of likely N-dealkylation sites (N-methyl/N-ethyl adjacent to an activating group) is 1. The van der Waals surface area contributed by atoms with E-state index in [0.717, 1.165) is 38.5 Å². The standard InChI is InChI=1S/C36H69NO7/c1-6-8-10-12-14-15-16-17-18-19-21-23-25-27-35(39)44-32(30-42-29-28-33(36(40)41)37(3,4)5)31-43-34(38)26-24-22-20-13-11-9-7-2/h32-33H,6-31H2,1-5H3. The summed E-state index contributed by atoms with van der Waals surface area (Å²) in [4.78, 5) is 36.4. The second-order valence-electron chi connectivity index (χ2n) is 13.5. The summed E-state index contributed by atoms with van der Waals surface area (Å²) in [6, 6.07) is -0.716. The minimum atomic E-state index is -1.12. The Balaban J connectivity index is 4.39. The van der Waals surface area contributed by atoms with Crippen molar-refractivity contribution in [2.24, 2.45) is 0 Å². The third kappa shape index (κ3) is 26.7. The van der Waals surface area contributed by atoms with E-state index in [0.29, 0.717) is 12.8 Å². The fourth-order valence-corrected chi connectivity index (χ4v) is 5.36. The lowest BCUT2D eigenvalue weighted by molar-refractivity contribution is -0.889. The summed E-state index contributed by atoms with van der Waals surface area (Å²) >= 11 is 0. The maximum absolute atomic E-state index is 12.6. The van der Waals surface area contributed by atoms with Crippen LogP contribution in [-0.4, -0.2) is 75.5 Å². The topological polar surface area (TPSA) is 102 Å². The Bertz CT molecular complexity index is 707. The van der Waals surface area contributed by atoms with Gasteiger partial charge in [0.1, 0.15) is 12.6 Å². The molecule has 2 atom stereocenters. The predicted molar refractivity (Wildman–Crippen MR) is 176 cm³/mol. The largest absolute Gasteiger partial charge is 0.544 e. The van der Waals surface area contributed by atoms with Crippen molar-refractivity contribution < 1.29 is 38.2 Å². The summed E-state index contributed by atoms with van der Waals surface area (Å²) < 4.78 is 17.0. The first-order valence-electron chi connectivity index (χ1n) is 18.1. The number of carbonyl (C=O) groups excluding carboxylic acids is 3. The first-order chi connectivity index (χ1) is 21.1. The molecule has 0 fully saturated rings. The smallest absolute Gasteiger partial charge is 0.306 e. The highest BCUT2D eigenvalue weighted by molar-refractivity contribution is 5.70. The van der Waals surface area contributed by atoms with Crippen molar-refractivity contribution >= 4 is 17.9 Å². The van der Waals surface area contributed by atoms with E-state index >= 15 is 0 Å². The molecule has 8 heteroatoms. The van der Waals surface area contributed by atoms with E-state index in [1.807, 2.05) is 0 Å². The molecular weight excluding hydrogens is 558 g/mol. The molecule has 0 saturated heterocycles. The van der Waals surface area contributed by atoms with E-state index in [4.69, 9.17) is 14.2 Å². The highest BCUT2D eigenvalue weighted by atomic mass is 16.6. The van der Waals surface area contributed by atoms with Crippen molar-refractivity contribution in [1.82, 2.24) is 0 Å². The van der Waals surface area contributed by atoms with Gasteiger partial charge < -0.3 is 28.6 Å². The number of quaternary nitrogens is 1. The van der Waals surface area contributed by atoms with Gasteiger partial charge in [0, 0.05) is 19.3 Å². The van der Waals surface area contributed by atoms with Crippen molar-refractivity contribution in [2.45, 2.75) is 174 Å². The van der Waals surface area contributed by atoms with Gasteiger partial charge in [-0.25, -0.2) is 0 Å². The number of carboxylic acid groups (broad SMARTS) is 1. The number of nitrogens with zero attached hydrogens (tertiary/aromatic N) is 1. The first kappa shape index (κ1) is 42.3. The van der Waals surface area contributed by atoms with Gasteiger partial charge in [0.2, 0.25) is 0 Å². The van der Waals surface area contributed by atoms with Crippen molar-refractivity contribution in [3.05, 3.63) is 0 Å². The Kier molecular flexibility index (Phi) is 27.7. The number of esters is 2. The summed E-state index contributed by atoms with van der Waals surface area (Å²) in [5.74, 6) is -1.73. The van der Waals surface area contributed by atoms with Crippen molar-refractivity contribution in [3.8, 4) is 0 Å². The molecule has 0 aliphatic rings. The van der Waals surface area contributed by atoms with Crippen LogP contribution in [0.3, 0.4) is 0 Å². The van der Waals surface area contributed by atoms with Crippen LogP contribution in [0, 0.1) is 0 Å². The van der Waals surface area contributed by atoms with Crippen LogP contribution in [0.4, 0.5) is 0 Å². The van der Waals surface area contributed by atoms with Crippen LogP contribution in [0.2, 0.25) is 0 Å². The Morgan fingerprint density at radius 3 is 1.41 bits per heavy atom. The van der Waals surface area contributed by atoms with E-state index in [1.54, 1.807) is 21.1 Å². The summed E-state index contributed by atoms with van der Waals surface area (Å²) in [7, 11) is 5.39. The van der Waals surface area contributed by atoms with Crippen molar-refractivity contribution in [3.63, 3.8) is 0 Å². The SMILES string of the molecule is CCCCCCCCCCCCCCCC(=O)OC(COCCC(C(=O)[O-])[N+](C)(C)C)COC(=O)CCCCCCCCC. The van der Waals surface area contributed by atoms with Gasteiger partial charge in [-0.05, 0) is 12.8 Å². The molecule has 0 bridgehead atoms. The Labute approximate surface area is 270 Å². The molecule has 0 aromatic rings. The molecule has 0 heterocycles. The summed E-state index contributed by atoms with van der Waals surface area (Å²) in [6.45, 7) is 4.61. The summed E-state index contributed by atoms with van der Waals surface area (Å²) in [5, 5.41) is 11.5. The molecule has 2 unspecified atom stereocenters. The number of unbranched alkanes of at least 4 members (excludes halogenated alkanes) is 18. The van der Waals surface area contributed by atoms with Crippen molar-refractivity contribution in [2.75, 3.05) is 41.0 Å². The Morgan fingerprint density at radius 1 is 0.591 bits per heavy atom. The molecule has 0 rings (SSSR count). The number of ether oxygens (including phenoxy) is 3. The minimum Gasteiger partial charge on any atom is -0.544 e. The van der Waals surface area contributed by atoms with Crippen LogP contribution >= 0.6 is 0 Å². The third-order valence-corrected chi connectivity index (χ3v) is 8.24. The molecule has 0 aliphatic heterocycles. The fraction of sp³-hybridized carbons (Fsp3) is 0.917. The van der Waals surface area contributed by atoms with Gasteiger partial charge in [-0.2, -0.15) is 0 Å². The summed E-state index contributed by atoms with van der Waals surface area (Å²) in [5.41, 5.74) is 0. The third-order valence-electron chi connectivity index (χ3n) is 8.24. The van der Waals surface area contributed by atoms with Gasteiger partial charge in [-0.1, -0.05) is 129 Å². The number of carboxylic acids is 1. The van der Waals surface area contributed by atoms with Gasteiger partial charge in [0.15, 0.2) is 6.10 Å². The molecule has 0 N–H and O–H groups in total. The zero-order chi connectivity index (χ0) is 32.9. The zero-order valence-electron chi connectivity index (χ0n) is 29.3. The maximum Gasteiger partial charge on any atom is 0.306 e. The second-order valence-corrected chi connectivity index (χ2v) is 13.5. The van der Waals surface area contributed by atoms with Crippen LogP contribution in [-0.2, 0) is 28.6 Å². The number of aliphatic carboxylic acids is 1. The lowest BCUT2D eigenvalue weighted by Gasteiger charge is -2.34. The molecule has 0 saturated carbocycles. The van der Waals surface area contributed by atoms with E-state index in [2.05, 4.69) is 13.8 Å². The average molecular weight is 628 g/mol. The van der Waals surface area contributed by atoms with Gasteiger partial charge in [0.25, 0.3) is 0 Å².